The molecule has 5 heteroatoms. The van der Waals surface area contributed by atoms with Gasteiger partial charge in [-0.2, -0.15) is 0 Å². The van der Waals surface area contributed by atoms with Gasteiger partial charge < -0.3 is 10.2 Å². The fourth-order valence-corrected chi connectivity index (χ4v) is 3.87. The lowest BCUT2D eigenvalue weighted by Crippen LogP contribution is -2.19. The summed E-state index contributed by atoms with van der Waals surface area (Å²) in [6.45, 7) is 2.22. The standard InChI is InChI=1S/C17H19BrN4/c18-13-4-5-14-12(9-13)3-6-15(14)21-16-10-17(20-11-19-16)22-7-1-2-8-22/h4-5,9-11,15H,1-3,6-8H2,(H,19,20,21). The summed E-state index contributed by atoms with van der Waals surface area (Å²) in [5.41, 5.74) is 2.82. The van der Waals surface area contributed by atoms with Crippen molar-refractivity contribution in [2.45, 2.75) is 31.7 Å². The summed E-state index contributed by atoms with van der Waals surface area (Å²) in [5.74, 6) is 1.97. The first-order valence-corrected chi connectivity index (χ1v) is 8.71. The van der Waals surface area contributed by atoms with Crippen LogP contribution in [0.3, 0.4) is 0 Å². The zero-order valence-electron chi connectivity index (χ0n) is 12.4. The molecule has 1 unspecified atom stereocenters. The van der Waals surface area contributed by atoms with Crippen LogP contribution in [-0.4, -0.2) is 23.1 Å². The lowest BCUT2D eigenvalue weighted by atomic mass is 10.1. The first-order valence-electron chi connectivity index (χ1n) is 7.91. The molecule has 0 amide bonds. The van der Waals surface area contributed by atoms with Crippen molar-refractivity contribution in [3.05, 3.63) is 46.2 Å². The maximum absolute atomic E-state index is 4.42. The Labute approximate surface area is 139 Å². The normalized spacial score (nSPS) is 20.2. The number of nitrogens with one attached hydrogen (secondary N) is 1. The first kappa shape index (κ1) is 14.0. The van der Waals surface area contributed by atoms with Crippen LogP contribution in [0.5, 0.6) is 0 Å². The summed E-state index contributed by atoms with van der Waals surface area (Å²) < 4.78 is 1.16. The molecule has 114 valence electrons. The van der Waals surface area contributed by atoms with Gasteiger partial charge in [-0.1, -0.05) is 22.0 Å². The molecule has 2 aliphatic rings. The molecule has 1 aromatic carbocycles. The Balaban J connectivity index is 1.54. The average Bonchev–Trinajstić information content (AvgIpc) is 3.18. The van der Waals surface area contributed by atoms with E-state index in [1.807, 2.05) is 0 Å². The molecule has 1 N–H and O–H groups in total. The number of benzene rings is 1. The molecule has 0 radical (unpaired) electrons. The number of aryl methyl sites for hydroxylation is 1. The third-order valence-electron chi connectivity index (χ3n) is 4.59. The maximum Gasteiger partial charge on any atom is 0.134 e. The van der Waals surface area contributed by atoms with Crippen LogP contribution in [0.15, 0.2) is 35.1 Å². The number of hydrogen-bond donors (Lipinski definition) is 1. The summed E-state index contributed by atoms with van der Waals surface area (Å²) in [5, 5.41) is 3.59. The average molecular weight is 359 g/mol. The predicted molar refractivity (Wildman–Crippen MR) is 92.3 cm³/mol. The van der Waals surface area contributed by atoms with Gasteiger partial charge in [-0.15, -0.1) is 0 Å². The molecule has 0 saturated carbocycles. The first-order chi connectivity index (χ1) is 10.8. The van der Waals surface area contributed by atoms with Crippen molar-refractivity contribution in [2.75, 3.05) is 23.3 Å². The molecular formula is C17H19BrN4. The smallest absolute Gasteiger partial charge is 0.134 e. The summed E-state index contributed by atoms with van der Waals surface area (Å²) in [7, 11) is 0. The van der Waals surface area contributed by atoms with Gasteiger partial charge in [0.1, 0.15) is 18.0 Å². The number of aromatic nitrogens is 2. The zero-order chi connectivity index (χ0) is 14.9. The predicted octanol–water partition coefficient (Wildman–Crippen LogP) is 3.94. The summed E-state index contributed by atoms with van der Waals surface area (Å²) >= 11 is 3.55. The van der Waals surface area contributed by atoms with Crippen LogP contribution in [0.2, 0.25) is 0 Å². The van der Waals surface area contributed by atoms with Gasteiger partial charge in [-0.05, 0) is 48.9 Å². The minimum absolute atomic E-state index is 0.351. The van der Waals surface area contributed by atoms with Gasteiger partial charge in [0.25, 0.3) is 0 Å². The second-order valence-electron chi connectivity index (χ2n) is 6.03. The molecule has 4 rings (SSSR count). The van der Waals surface area contributed by atoms with Crippen molar-refractivity contribution in [3.63, 3.8) is 0 Å². The van der Waals surface area contributed by atoms with Crippen LogP contribution in [0.1, 0.15) is 36.4 Å². The van der Waals surface area contributed by atoms with Crippen LogP contribution in [0.25, 0.3) is 0 Å². The molecule has 1 aliphatic carbocycles. The largest absolute Gasteiger partial charge is 0.363 e. The van der Waals surface area contributed by atoms with Crippen molar-refractivity contribution in [1.29, 1.82) is 0 Å². The van der Waals surface area contributed by atoms with Gasteiger partial charge in [0.05, 0.1) is 6.04 Å². The van der Waals surface area contributed by atoms with Crippen LogP contribution in [-0.2, 0) is 6.42 Å². The number of rotatable bonds is 3. The van der Waals surface area contributed by atoms with E-state index in [-0.39, 0.29) is 0 Å². The van der Waals surface area contributed by atoms with Crippen molar-refractivity contribution in [1.82, 2.24) is 9.97 Å². The molecule has 1 atom stereocenters. The topological polar surface area (TPSA) is 41.0 Å². The second-order valence-corrected chi connectivity index (χ2v) is 6.95. The lowest BCUT2D eigenvalue weighted by Gasteiger charge is -2.19. The molecule has 0 bridgehead atoms. The Bertz CT molecular complexity index is 682. The van der Waals surface area contributed by atoms with E-state index in [1.54, 1.807) is 6.33 Å². The molecule has 1 aromatic heterocycles. The lowest BCUT2D eigenvalue weighted by molar-refractivity contribution is 0.756. The Morgan fingerprint density at radius 3 is 2.86 bits per heavy atom. The van der Waals surface area contributed by atoms with Crippen LogP contribution < -0.4 is 10.2 Å². The van der Waals surface area contributed by atoms with Gasteiger partial charge in [0, 0.05) is 23.6 Å². The summed E-state index contributed by atoms with van der Waals surface area (Å²) in [6, 6.07) is 9.00. The van der Waals surface area contributed by atoms with Crippen LogP contribution >= 0.6 is 15.9 Å². The maximum atomic E-state index is 4.42. The fraction of sp³-hybridized carbons (Fsp3) is 0.412. The molecular weight excluding hydrogens is 340 g/mol. The molecule has 2 aromatic rings. The quantitative estimate of drug-likeness (QED) is 0.901. The SMILES string of the molecule is Brc1ccc2c(c1)CCC2Nc1cc(N2CCCC2)ncn1. The molecule has 0 spiro atoms. The molecule has 1 saturated heterocycles. The van der Waals surface area contributed by atoms with E-state index in [4.69, 9.17) is 0 Å². The van der Waals surface area contributed by atoms with Gasteiger partial charge in [0.2, 0.25) is 0 Å². The Morgan fingerprint density at radius 1 is 1.14 bits per heavy atom. The van der Waals surface area contributed by atoms with E-state index in [2.05, 4.69) is 60.4 Å². The molecule has 22 heavy (non-hydrogen) atoms. The van der Waals surface area contributed by atoms with E-state index >= 15 is 0 Å². The highest BCUT2D eigenvalue weighted by atomic mass is 79.9. The highest BCUT2D eigenvalue weighted by Crippen LogP contribution is 2.35. The van der Waals surface area contributed by atoms with E-state index in [0.29, 0.717) is 6.04 Å². The summed E-state index contributed by atoms with van der Waals surface area (Å²) in [6.07, 6.45) is 6.44. The summed E-state index contributed by atoms with van der Waals surface area (Å²) in [4.78, 5) is 11.2. The number of hydrogen-bond acceptors (Lipinski definition) is 4. The minimum Gasteiger partial charge on any atom is -0.363 e. The van der Waals surface area contributed by atoms with E-state index < -0.39 is 0 Å². The van der Waals surface area contributed by atoms with Gasteiger partial charge in [-0.25, -0.2) is 9.97 Å². The third-order valence-corrected chi connectivity index (χ3v) is 5.08. The van der Waals surface area contributed by atoms with Crippen molar-refractivity contribution >= 4 is 27.6 Å². The number of nitrogens with zero attached hydrogens (tertiary/aromatic N) is 3. The van der Waals surface area contributed by atoms with Crippen LogP contribution in [0.4, 0.5) is 11.6 Å². The zero-order valence-corrected chi connectivity index (χ0v) is 14.0. The van der Waals surface area contributed by atoms with Gasteiger partial charge >= 0.3 is 0 Å². The number of halogens is 1. The second kappa shape index (κ2) is 5.88. The Hall–Kier alpha value is -1.62. The number of anilines is 2. The monoisotopic (exact) mass is 358 g/mol. The number of fused-ring (bicyclic) bond motifs is 1. The molecule has 1 fully saturated rings. The Morgan fingerprint density at radius 2 is 2.00 bits per heavy atom. The minimum atomic E-state index is 0.351. The van der Waals surface area contributed by atoms with Gasteiger partial charge in [0.15, 0.2) is 0 Å². The van der Waals surface area contributed by atoms with Crippen molar-refractivity contribution in [2.24, 2.45) is 0 Å². The molecule has 2 heterocycles. The Kier molecular flexibility index (Phi) is 3.74. The highest BCUT2D eigenvalue weighted by molar-refractivity contribution is 9.10. The van der Waals surface area contributed by atoms with Crippen LogP contribution in [0, 0.1) is 0 Å². The third kappa shape index (κ3) is 2.70. The fourth-order valence-electron chi connectivity index (χ4n) is 3.46. The van der Waals surface area contributed by atoms with E-state index in [0.717, 1.165) is 42.0 Å². The molecule has 4 nitrogen and oxygen atoms in total. The van der Waals surface area contributed by atoms with Crippen molar-refractivity contribution in [3.8, 4) is 0 Å². The highest BCUT2D eigenvalue weighted by Gasteiger charge is 2.23. The van der Waals surface area contributed by atoms with Crippen molar-refractivity contribution < 1.29 is 0 Å². The van der Waals surface area contributed by atoms with E-state index in [1.165, 1.54) is 24.0 Å². The van der Waals surface area contributed by atoms with E-state index in [9.17, 15) is 0 Å². The van der Waals surface area contributed by atoms with Gasteiger partial charge in [-0.3, -0.25) is 0 Å². The molecule has 1 aliphatic heterocycles.